The van der Waals surface area contributed by atoms with Gasteiger partial charge in [-0.25, -0.2) is 0 Å². The Morgan fingerprint density at radius 2 is 1.90 bits per heavy atom. The lowest BCUT2D eigenvalue weighted by Gasteiger charge is -2.30. The Morgan fingerprint density at radius 1 is 1.33 bits per heavy atom. The second-order valence-corrected chi connectivity index (χ2v) is 7.21. The van der Waals surface area contributed by atoms with Crippen LogP contribution < -0.4 is 11.1 Å². The number of amides is 2. The van der Waals surface area contributed by atoms with Gasteiger partial charge in [0.25, 0.3) is 0 Å². The van der Waals surface area contributed by atoms with E-state index in [4.69, 9.17) is 5.73 Å². The lowest BCUT2D eigenvalue weighted by atomic mass is 9.93. The van der Waals surface area contributed by atoms with E-state index >= 15 is 0 Å². The van der Waals surface area contributed by atoms with Crippen LogP contribution in [0.4, 0.5) is 0 Å². The highest BCUT2D eigenvalue weighted by Gasteiger charge is 2.25. The first-order valence-corrected chi connectivity index (χ1v) is 7.99. The highest BCUT2D eigenvalue weighted by Crippen LogP contribution is 2.24. The van der Waals surface area contributed by atoms with Gasteiger partial charge in [0, 0.05) is 32.0 Å². The van der Waals surface area contributed by atoms with Crippen LogP contribution in [-0.4, -0.2) is 42.9 Å². The van der Waals surface area contributed by atoms with Crippen molar-refractivity contribution in [3.8, 4) is 0 Å². The van der Waals surface area contributed by atoms with Gasteiger partial charge in [0.1, 0.15) is 0 Å². The number of hydrogen-bond donors (Lipinski definition) is 2. The summed E-state index contributed by atoms with van der Waals surface area (Å²) in [5, 5.41) is 2.97. The Bertz CT molecular complexity index is 363. The number of nitrogens with one attached hydrogen (secondary N) is 1. The molecule has 0 radical (unpaired) electrons. The predicted octanol–water partition coefficient (Wildman–Crippen LogP) is 1.51. The highest BCUT2D eigenvalue weighted by molar-refractivity contribution is 5.81. The average Bonchev–Trinajstić information content (AvgIpc) is 2.91. The van der Waals surface area contributed by atoms with Gasteiger partial charge in [-0.05, 0) is 31.7 Å². The molecule has 0 aliphatic heterocycles. The minimum Gasteiger partial charge on any atom is -0.353 e. The Morgan fingerprint density at radius 3 is 2.43 bits per heavy atom. The molecule has 0 saturated heterocycles. The van der Waals surface area contributed by atoms with Crippen molar-refractivity contribution in [1.29, 1.82) is 0 Å². The molecule has 1 rings (SSSR count). The molecule has 0 aromatic carbocycles. The van der Waals surface area contributed by atoms with E-state index in [0.29, 0.717) is 19.5 Å². The molecule has 5 heteroatoms. The maximum atomic E-state index is 12.2. The normalized spacial score (nSPS) is 17.6. The molecule has 0 aromatic rings. The zero-order valence-electron chi connectivity index (χ0n) is 13.9. The summed E-state index contributed by atoms with van der Waals surface area (Å²) in [7, 11) is 1.80. The minimum absolute atomic E-state index is 0.0516. The molecule has 1 unspecified atom stereocenters. The van der Waals surface area contributed by atoms with Crippen LogP contribution in [0.3, 0.4) is 0 Å². The molecule has 0 bridgehead atoms. The maximum Gasteiger partial charge on any atom is 0.224 e. The lowest BCUT2D eigenvalue weighted by molar-refractivity contribution is -0.132. The van der Waals surface area contributed by atoms with Gasteiger partial charge in [-0.3, -0.25) is 9.59 Å². The SMILES string of the molecule is CC(CC(=O)N(C)CC(C)(C)CN)NC(=O)C1CCCC1. The van der Waals surface area contributed by atoms with Gasteiger partial charge in [0.15, 0.2) is 0 Å². The third kappa shape index (κ3) is 6.04. The second-order valence-electron chi connectivity index (χ2n) is 7.21. The van der Waals surface area contributed by atoms with Gasteiger partial charge in [-0.1, -0.05) is 26.7 Å². The van der Waals surface area contributed by atoms with Crippen molar-refractivity contribution >= 4 is 11.8 Å². The number of hydrogen-bond acceptors (Lipinski definition) is 3. The van der Waals surface area contributed by atoms with Crippen molar-refractivity contribution in [3.63, 3.8) is 0 Å². The zero-order chi connectivity index (χ0) is 16.0. The van der Waals surface area contributed by atoms with E-state index in [9.17, 15) is 9.59 Å². The zero-order valence-corrected chi connectivity index (χ0v) is 13.9. The summed E-state index contributed by atoms with van der Waals surface area (Å²) >= 11 is 0. The standard InChI is InChI=1S/C16H31N3O2/c1-12(18-15(21)13-7-5-6-8-13)9-14(20)19(4)11-16(2,3)10-17/h12-13H,5-11,17H2,1-4H3,(H,18,21). The fourth-order valence-corrected chi connectivity index (χ4v) is 2.81. The second kappa shape index (κ2) is 7.78. The average molecular weight is 297 g/mol. The van der Waals surface area contributed by atoms with E-state index in [0.717, 1.165) is 25.7 Å². The molecule has 1 aliphatic rings. The largest absolute Gasteiger partial charge is 0.353 e. The lowest BCUT2D eigenvalue weighted by Crippen LogP contribution is -2.43. The van der Waals surface area contributed by atoms with E-state index in [1.807, 2.05) is 20.8 Å². The molecule has 2 amide bonds. The summed E-state index contributed by atoms with van der Waals surface area (Å²) in [4.78, 5) is 25.9. The topological polar surface area (TPSA) is 75.4 Å². The molecule has 1 fully saturated rings. The number of carbonyl (C=O) groups is 2. The van der Waals surface area contributed by atoms with Crippen LogP contribution in [0.5, 0.6) is 0 Å². The van der Waals surface area contributed by atoms with Gasteiger partial charge in [0.2, 0.25) is 11.8 Å². The molecule has 5 nitrogen and oxygen atoms in total. The van der Waals surface area contributed by atoms with E-state index in [1.54, 1.807) is 11.9 Å². The number of rotatable bonds is 7. The van der Waals surface area contributed by atoms with Crippen LogP contribution in [0.1, 0.15) is 52.9 Å². The number of nitrogens with two attached hydrogens (primary N) is 1. The summed E-state index contributed by atoms with van der Waals surface area (Å²) in [5.74, 6) is 0.310. The summed E-state index contributed by atoms with van der Waals surface area (Å²) < 4.78 is 0. The van der Waals surface area contributed by atoms with Gasteiger partial charge in [0.05, 0.1) is 0 Å². The predicted molar refractivity (Wildman–Crippen MR) is 84.7 cm³/mol. The van der Waals surface area contributed by atoms with Crippen molar-refractivity contribution in [1.82, 2.24) is 10.2 Å². The van der Waals surface area contributed by atoms with Crippen LogP contribution in [0.25, 0.3) is 0 Å². The van der Waals surface area contributed by atoms with E-state index in [-0.39, 0.29) is 29.2 Å². The molecule has 0 aromatic heterocycles. The van der Waals surface area contributed by atoms with Gasteiger partial charge in [-0.15, -0.1) is 0 Å². The third-order valence-corrected chi connectivity index (χ3v) is 4.24. The molecule has 1 saturated carbocycles. The molecule has 0 heterocycles. The molecule has 21 heavy (non-hydrogen) atoms. The van der Waals surface area contributed by atoms with Crippen LogP contribution in [0.15, 0.2) is 0 Å². The monoisotopic (exact) mass is 297 g/mol. The van der Waals surface area contributed by atoms with Crippen LogP contribution in [0.2, 0.25) is 0 Å². The molecule has 3 N–H and O–H groups in total. The third-order valence-electron chi connectivity index (χ3n) is 4.24. The summed E-state index contributed by atoms with van der Waals surface area (Å²) in [5.41, 5.74) is 5.61. The maximum absolute atomic E-state index is 12.2. The first-order chi connectivity index (χ1) is 9.75. The van der Waals surface area contributed by atoms with Gasteiger partial charge >= 0.3 is 0 Å². The molecule has 122 valence electrons. The Labute approximate surface area is 128 Å². The molecular formula is C16H31N3O2. The summed E-state index contributed by atoms with van der Waals surface area (Å²) in [6.45, 7) is 7.15. The van der Waals surface area contributed by atoms with Crippen molar-refractivity contribution in [2.45, 2.75) is 58.9 Å². The Hall–Kier alpha value is -1.10. The number of nitrogens with zero attached hydrogens (tertiary/aromatic N) is 1. The quantitative estimate of drug-likeness (QED) is 0.748. The van der Waals surface area contributed by atoms with Crippen molar-refractivity contribution in [3.05, 3.63) is 0 Å². The fourth-order valence-electron chi connectivity index (χ4n) is 2.81. The van der Waals surface area contributed by atoms with Crippen molar-refractivity contribution < 1.29 is 9.59 Å². The van der Waals surface area contributed by atoms with Crippen molar-refractivity contribution in [2.75, 3.05) is 20.1 Å². The molecule has 1 aliphatic carbocycles. The van der Waals surface area contributed by atoms with E-state index in [2.05, 4.69) is 5.32 Å². The molecule has 0 spiro atoms. The Kier molecular flexibility index (Phi) is 6.65. The Balaban J connectivity index is 2.37. The molecular weight excluding hydrogens is 266 g/mol. The van der Waals surface area contributed by atoms with Crippen LogP contribution >= 0.6 is 0 Å². The molecule has 1 atom stereocenters. The highest BCUT2D eigenvalue weighted by atomic mass is 16.2. The van der Waals surface area contributed by atoms with Crippen LogP contribution in [0, 0.1) is 11.3 Å². The van der Waals surface area contributed by atoms with Crippen LogP contribution in [-0.2, 0) is 9.59 Å². The summed E-state index contributed by atoms with van der Waals surface area (Å²) in [6, 6.07) is -0.117. The van der Waals surface area contributed by atoms with Gasteiger partial charge < -0.3 is 16.0 Å². The van der Waals surface area contributed by atoms with E-state index < -0.39 is 0 Å². The fraction of sp³-hybridized carbons (Fsp3) is 0.875. The first kappa shape index (κ1) is 18.0. The smallest absolute Gasteiger partial charge is 0.224 e. The first-order valence-electron chi connectivity index (χ1n) is 7.99. The van der Waals surface area contributed by atoms with E-state index in [1.165, 1.54) is 0 Å². The summed E-state index contributed by atoms with van der Waals surface area (Å²) in [6.07, 6.45) is 4.59. The minimum atomic E-state index is -0.117. The van der Waals surface area contributed by atoms with Gasteiger partial charge in [-0.2, -0.15) is 0 Å². The number of carbonyl (C=O) groups excluding carboxylic acids is 2. The van der Waals surface area contributed by atoms with Crippen molar-refractivity contribution in [2.24, 2.45) is 17.1 Å².